The highest BCUT2D eigenvalue weighted by Gasteiger charge is 2.54. The van der Waals surface area contributed by atoms with Crippen LogP contribution in [0.2, 0.25) is 0 Å². The average Bonchev–Trinajstić information content (AvgIpc) is 2.94. The Balaban J connectivity index is 2.98. The molecule has 0 saturated carbocycles. The van der Waals surface area contributed by atoms with Crippen LogP contribution in [-0.4, -0.2) is 35.8 Å². The summed E-state index contributed by atoms with van der Waals surface area (Å²) < 4.78 is 0. The highest BCUT2D eigenvalue weighted by atomic mass is 16.2. The van der Waals surface area contributed by atoms with Crippen molar-refractivity contribution >= 4 is 25.3 Å². The van der Waals surface area contributed by atoms with Crippen molar-refractivity contribution in [2.45, 2.75) is 118 Å². The van der Waals surface area contributed by atoms with E-state index in [0.717, 1.165) is 25.7 Å². The first-order valence-electron chi connectivity index (χ1n) is 11.9. The molecule has 1 aliphatic heterocycles. The van der Waals surface area contributed by atoms with E-state index >= 15 is 0 Å². The molecular weight excluding hydrogens is 361 g/mol. The van der Waals surface area contributed by atoms with Crippen LogP contribution in [0.5, 0.6) is 0 Å². The van der Waals surface area contributed by atoms with E-state index in [0.29, 0.717) is 6.42 Å². The molecular formula is C24H44BNO3. The van der Waals surface area contributed by atoms with E-state index in [4.69, 9.17) is 0 Å². The number of carbonyl (C=O) groups is 3. The molecule has 0 aliphatic carbocycles. The Hall–Kier alpha value is -1.13. The Morgan fingerprint density at radius 1 is 0.966 bits per heavy atom. The van der Waals surface area contributed by atoms with Crippen molar-refractivity contribution in [3.63, 3.8) is 0 Å². The minimum Gasteiger partial charge on any atom is -0.311 e. The minimum absolute atomic E-state index is 0.00207. The fourth-order valence-corrected chi connectivity index (χ4v) is 4.53. The number of hydrogen-bond donors (Lipinski definition) is 0. The fraction of sp³-hybridized carbons (Fsp3) is 0.875. The maximum absolute atomic E-state index is 13.4. The van der Waals surface area contributed by atoms with E-state index in [2.05, 4.69) is 13.8 Å². The Bertz CT molecular complexity index is 558. The Labute approximate surface area is 180 Å². The quantitative estimate of drug-likeness (QED) is 0.235. The number of likely N-dealkylation sites (tertiary alicyclic amines) is 1. The summed E-state index contributed by atoms with van der Waals surface area (Å²) in [4.78, 5) is 40.1. The maximum atomic E-state index is 13.4. The molecule has 1 heterocycles. The Morgan fingerprint density at radius 2 is 1.45 bits per heavy atom. The van der Waals surface area contributed by atoms with Gasteiger partial charge in [0, 0.05) is 11.8 Å². The van der Waals surface area contributed by atoms with Gasteiger partial charge >= 0.3 is 0 Å². The first-order valence-corrected chi connectivity index (χ1v) is 11.9. The molecule has 1 rings (SSSR count). The molecule has 166 valence electrons. The molecule has 0 aromatic heterocycles. The van der Waals surface area contributed by atoms with Crippen LogP contribution < -0.4 is 0 Å². The zero-order valence-corrected chi connectivity index (χ0v) is 20.1. The first kappa shape index (κ1) is 25.9. The van der Waals surface area contributed by atoms with Crippen LogP contribution in [0.1, 0.15) is 112 Å². The highest BCUT2D eigenvalue weighted by Crippen LogP contribution is 2.43. The second-order valence-electron chi connectivity index (χ2n) is 10.1. The summed E-state index contributed by atoms with van der Waals surface area (Å²) in [6, 6.07) is 0. The summed E-state index contributed by atoms with van der Waals surface area (Å²) in [6.07, 6.45) is 11.9. The van der Waals surface area contributed by atoms with E-state index < -0.39 is 11.0 Å². The number of unbranched alkanes of at least 4 members (excludes halogenated alkanes) is 6. The molecule has 0 radical (unpaired) electrons. The van der Waals surface area contributed by atoms with Crippen LogP contribution in [0, 0.1) is 17.3 Å². The van der Waals surface area contributed by atoms with Gasteiger partial charge in [0.2, 0.25) is 11.8 Å². The predicted molar refractivity (Wildman–Crippen MR) is 122 cm³/mol. The molecule has 1 saturated heterocycles. The lowest BCUT2D eigenvalue weighted by molar-refractivity contribution is -0.152. The molecule has 0 aromatic carbocycles. The number of hydrogen-bond acceptors (Lipinski definition) is 3. The van der Waals surface area contributed by atoms with Gasteiger partial charge in [0.25, 0.3) is 0 Å². The van der Waals surface area contributed by atoms with Gasteiger partial charge in [0.15, 0.2) is 7.85 Å². The Morgan fingerprint density at radius 3 is 1.86 bits per heavy atom. The Kier molecular flexibility index (Phi) is 10.1. The van der Waals surface area contributed by atoms with Crippen LogP contribution >= 0.6 is 0 Å². The zero-order chi connectivity index (χ0) is 22.2. The molecule has 1 fully saturated rings. The van der Waals surface area contributed by atoms with Gasteiger partial charge < -0.3 is 4.79 Å². The number of carbonyl (C=O) groups excluding carboxylic acids is 3. The molecule has 1 aliphatic rings. The van der Waals surface area contributed by atoms with E-state index in [1.54, 1.807) is 7.85 Å². The smallest absolute Gasteiger partial charge is 0.233 e. The highest BCUT2D eigenvalue weighted by molar-refractivity contribution is 6.59. The van der Waals surface area contributed by atoms with Gasteiger partial charge in [0.1, 0.15) is 0 Å². The maximum Gasteiger partial charge on any atom is 0.233 e. The van der Waals surface area contributed by atoms with Crippen molar-refractivity contribution in [2.24, 2.45) is 17.3 Å². The third kappa shape index (κ3) is 6.18. The zero-order valence-electron chi connectivity index (χ0n) is 20.1. The van der Waals surface area contributed by atoms with Crippen molar-refractivity contribution in [2.75, 3.05) is 0 Å². The number of amides is 2. The van der Waals surface area contributed by atoms with Crippen LogP contribution in [0.25, 0.3) is 0 Å². The average molecular weight is 405 g/mol. The van der Waals surface area contributed by atoms with E-state index in [1.165, 1.54) is 43.4 Å². The fourth-order valence-electron chi connectivity index (χ4n) is 4.53. The number of imide groups is 1. The standard InChI is InChI=1S/C24H44BNO3/c1-7-9-11-13-15-18(16-14-12-10-8-2)19-17-20(27)26(21(19)28)24(5,6)23(3,4)22(25)29/h18-19H,7-17,25H2,1-6H3. The van der Waals surface area contributed by atoms with Crippen LogP contribution in [-0.2, 0) is 14.4 Å². The molecule has 4 nitrogen and oxygen atoms in total. The van der Waals surface area contributed by atoms with Crippen molar-refractivity contribution in [1.82, 2.24) is 4.90 Å². The summed E-state index contributed by atoms with van der Waals surface area (Å²) >= 11 is 0. The molecule has 1 unspecified atom stereocenters. The second-order valence-corrected chi connectivity index (χ2v) is 10.1. The lowest BCUT2D eigenvalue weighted by Crippen LogP contribution is -2.59. The van der Waals surface area contributed by atoms with Crippen molar-refractivity contribution in [1.29, 1.82) is 0 Å². The molecule has 0 spiro atoms. The van der Waals surface area contributed by atoms with Crippen LogP contribution in [0.15, 0.2) is 0 Å². The predicted octanol–water partition coefficient (Wildman–Crippen LogP) is 4.88. The van der Waals surface area contributed by atoms with Crippen LogP contribution in [0.3, 0.4) is 0 Å². The van der Waals surface area contributed by atoms with Gasteiger partial charge in [0.05, 0.1) is 17.1 Å². The summed E-state index contributed by atoms with van der Waals surface area (Å²) in [5.74, 6) is -0.0917. The summed E-state index contributed by atoms with van der Waals surface area (Å²) in [7, 11) is 1.55. The summed E-state index contributed by atoms with van der Waals surface area (Å²) in [5.41, 5.74) is -1.59. The van der Waals surface area contributed by atoms with E-state index in [9.17, 15) is 14.4 Å². The second kappa shape index (κ2) is 11.3. The normalized spacial score (nSPS) is 18.2. The topological polar surface area (TPSA) is 54.5 Å². The molecule has 0 aromatic rings. The lowest BCUT2D eigenvalue weighted by atomic mass is 9.65. The van der Waals surface area contributed by atoms with Crippen molar-refractivity contribution in [3.8, 4) is 0 Å². The molecule has 5 heteroatoms. The summed E-state index contributed by atoms with van der Waals surface area (Å²) in [6.45, 7) is 11.8. The molecule has 1 atom stereocenters. The lowest BCUT2D eigenvalue weighted by Gasteiger charge is -2.45. The number of rotatable bonds is 14. The van der Waals surface area contributed by atoms with Gasteiger partial charge in [-0.2, -0.15) is 0 Å². The monoisotopic (exact) mass is 405 g/mol. The van der Waals surface area contributed by atoms with Crippen LogP contribution in [0.4, 0.5) is 0 Å². The largest absolute Gasteiger partial charge is 0.311 e. The number of nitrogens with zero attached hydrogens (tertiary/aromatic N) is 1. The SMILES string of the molecule is BC(=O)C(C)(C)C(C)(C)N1C(=O)CC(C(CCCCCC)CCCCCC)C1=O. The molecule has 0 N–H and O–H groups in total. The van der Waals surface area contributed by atoms with Gasteiger partial charge in [-0.3, -0.25) is 14.5 Å². The van der Waals surface area contributed by atoms with Gasteiger partial charge in [-0.1, -0.05) is 79.1 Å². The van der Waals surface area contributed by atoms with Crippen molar-refractivity contribution in [3.05, 3.63) is 0 Å². The third-order valence-electron chi connectivity index (χ3n) is 7.58. The molecule has 0 bridgehead atoms. The van der Waals surface area contributed by atoms with E-state index in [-0.39, 0.29) is 29.3 Å². The third-order valence-corrected chi connectivity index (χ3v) is 7.58. The van der Waals surface area contributed by atoms with Gasteiger partial charge in [-0.15, -0.1) is 0 Å². The molecule has 29 heavy (non-hydrogen) atoms. The first-order chi connectivity index (χ1) is 13.5. The van der Waals surface area contributed by atoms with Gasteiger partial charge in [-0.05, 0) is 32.6 Å². The van der Waals surface area contributed by atoms with E-state index in [1.807, 2.05) is 27.7 Å². The minimum atomic E-state index is -0.823. The summed E-state index contributed by atoms with van der Waals surface area (Å²) in [5, 5.41) is 0. The molecule has 2 amide bonds. The van der Waals surface area contributed by atoms with Gasteiger partial charge in [-0.25, -0.2) is 0 Å². The van der Waals surface area contributed by atoms with Crippen molar-refractivity contribution < 1.29 is 14.4 Å².